The SMILES string of the molecule is Cc1cccc(C)c1[N]([Ge])B(N(C(C)C)C(C)C)[N](c1c(C)cccc1C)[Ge]1[N](c2c(C)cccc2C)B(N(C(C)C)C(C)C)[N]1c1c(C)cccc1C. The van der Waals surface area contributed by atoms with Crippen LogP contribution in [-0.2, 0) is 0 Å². The standard InChI is InChI=1S/C44H64B2Ge2N6/c1-29(2)49(30(3)4)45(51(47)41-33(9)21-17-22-34(41)10)52(42-35(11)23-18-24-36(42)12)48-53(43-37(13)25-19-26-38(43)14)46(50(31(5)6)32(7)8)54(48)44-39(15)27-20-28-40(44)16/h17-32H,1-16H3. The van der Waals surface area contributed by atoms with Gasteiger partial charge in [0.05, 0.1) is 0 Å². The normalized spacial score (nSPS) is 13.7. The van der Waals surface area contributed by atoms with Gasteiger partial charge in [0.1, 0.15) is 0 Å². The first-order chi connectivity index (χ1) is 25.4. The van der Waals surface area contributed by atoms with Gasteiger partial charge in [-0.3, -0.25) is 0 Å². The van der Waals surface area contributed by atoms with Gasteiger partial charge < -0.3 is 0 Å². The number of hydrogen-bond acceptors (Lipinski definition) is 6. The second-order valence-corrected chi connectivity index (χ2v) is 22.0. The Labute approximate surface area is 343 Å². The average molecular weight is 844 g/mol. The van der Waals surface area contributed by atoms with E-state index in [0.717, 1.165) is 0 Å². The Kier molecular flexibility index (Phi) is 13.5. The molecule has 4 aromatic carbocycles. The van der Waals surface area contributed by atoms with Crippen LogP contribution in [0.5, 0.6) is 0 Å². The Balaban J connectivity index is 2.00. The summed E-state index contributed by atoms with van der Waals surface area (Å²) in [5.74, 6) is 0. The first-order valence-corrected chi connectivity index (χ1v) is 23.7. The molecule has 0 aromatic heterocycles. The zero-order valence-electron chi connectivity index (χ0n) is 36.1. The molecule has 0 bridgehead atoms. The maximum atomic E-state index is 2.96. The molecule has 4 aromatic rings. The Bertz CT molecular complexity index is 1780. The summed E-state index contributed by atoms with van der Waals surface area (Å²) >= 11 is -0.517. The summed E-state index contributed by atoms with van der Waals surface area (Å²) < 4.78 is 11.5. The van der Waals surface area contributed by atoms with Crippen molar-refractivity contribution in [3.8, 4) is 0 Å². The average Bonchev–Trinajstić information content (AvgIpc) is 3.06. The van der Waals surface area contributed by atoms with Crippen molar-refractivity contribution in [3.63, 3.8) is 0 Å². The number of aryl methyl sites for hydroxylation is 8. The molecular formula is C44H64B2Ge2N6. The van der Waals surface area contributed by atoms with Gasteiger partial charge in [-0.25, -0.2) is 0 Å². The Hall–Kier alpha value is -2.78. The van der Waals surface area contributed by atoms with Crippen molar-refractivity contribution in [1.29, 1.82) is 0 Å². The van der Waals surface area contributed by atoms with Gasteiger partial charge in [-0.05, 0) is 0 Å². The second-order valence-electron chi connectivity index (χ2n) is 16.7. The van der Waals surface area contributed by atoms with Crippen LogP contribution in [-0.4, -0.2) is 79.8 Å². The third-order valence-electron chi connectivity index (χ3n) is 11.2. The van der Waals surface area contributed by atoms with Crippen molar-refractivity contribution in [2.24, 2.45) is 0 Å². The molecule has 5 rings (SSSR count). The minimum atomic E-state index is -2.87. The Morgan fingerprint density at radius 2 is 0.815 bits per heavy atom. The van der Waals surface area contributed by atoms with Crippen LogP contribution in [0.3, 0.4) is 0 Å². The summed E-state index contributed by atoms with van der Waals surface area (Å²) in [6, 6.07) is 28.6. The molecule has 0 atom stereocenters. The molecule has 0 unspecified atom stereocenters. The molecule has 1 aliphatic rings. The van der Waals surface area contributed by atoms with Gasteiger partial charge in [0.15, 0.2) is 0 Å². The predicted molar refractivity (Wildman–Crippen MR) is 241 cm³/mol. The number of benzene rings is 4. The molecule has 0 amide bonds. The molecule has 1 aliphatic heterocycles. The summed E-state index contributed by atoms with van der Waals surface area (Å²) in [5, 5.41) is 0. The maximum absolute atomic E-state index is 2.96. The topological polar surface area (TPSA) is 19.4 Å². The molecule has 0 saturated carbocycles. The van der Waals surface area contributed by atoms with E-state index in [2.05, 4.69) is 225 Å². The molecule has 1 fully saturated rings. The van der Waals surface area contributed by atoms with Crippen molar-refractivity contribution in [3.05, 3.63) is 117 Å². The zero-order valence-corrected chi connectivity index (χ0v) is 40.3. The van der Waals surface area contributed by atoms with Crippen LogP contribution < -0.4 is 15.1 Å². The fourth-order valence-corrected chi connectivity index (χ4v) is 18.3. The molecule has 10 heteroatoms. The molecule has 284 valence electrons. The van der Waals surface area contributed by atoms with E-state index in [9.17, 15) is 0 Å². The van der Waals surface area contributed by atoms with E-state index in [0.29, 0.717) is 12.1 Å². The van der Waals surface area contributed by atoms with Crippen molar-refractivity contribution < 1.29 is 0 Å². The van der Waals surface area contributed by atoms with Gasteiger partial charge in [0.25, 0.3) is 0 Å². The van der Waals surface area contributed by atoms with Crippen LogP contribution in [0, 0.1) is 55.4 Å². The van der Waals surface area contributed by atoms with E-state index in [1.165, 1.54) is 67.3 Å². The van der Waals surface area contributed by atoms with Crippen molar-refractivity contribution in [2.75, 3.05) is 15.1 Å². The molecular weight excluding hydrogens is 779 g/mol. The summed E-state index contributed by atoms with van der Waals surface area (Å²) in [7, 11) is -0.0325. The van der Waals surface area contributed by atoms with Crippen molar-refractivity contribution in [2.45, 2.75) is 135 Å². The van der Waals surface area contributed by atoms with E-state index in [-0.39, 0.29) is 26.3 Å². The van der Waals surface area contributed by atoms with Gasteiger partial charge in [-0.2, -0.15) is 0 Å². The van der Waals surface area contributed by atoms with E-state index in [1.807, 2.05) is 0 Å². The van der Waals surface area contributed by atoms with E-state index < -0.39 is 15.0 Å². The van der Waals surface area contributed by atoms with Gasteiger partial charge >= 0.3 is 346 Å². The van der Waals surface area contributed by atoms with Crippen molar-refractivity contribution in [1.82, 2.24) is 9.62 Å². The predicted octanol–water partition coefficient (Wildman–Crippen LogP) is 9.77. The van der Waals surface area contributed by atoms with Gasteiger partial charge in [-0.1, -0.05) is 0 Å². The van der Waals surface area contributed by atoms with Crippen LogP contribution in [0.1, 0.15) is 99.9 Å². The van der Waals surface area contributed by atoms with Crippen LogP contribution in [0.4, 0.5) is 22.7 Å². The Morgan fingerprint density at radius 3 is 1.13 bits per heavy atom. The van der Waals surface area contributed by atoms with Crippen LogP contribution in [0.25, 0.3) is 0 Å². The molecule has 0 aliphatic carbocycles. The van der Waals surface area contributed by atoms with E-state index in [1.54, 1.807) is 0 Å². The summed E-state index contributed by atoms with van der Waals surface area (Å²) in [6.07, 6.45) is 0. The van der Waals surface area contributed by atoms with Crippen LogP contribution in [0.15, 0.2) is 72.8 Å². The van der Waals surface area contributed by atoms with Crippen LogP contribution >= 0.6 is 0 Å². The zero-order chi connectivity index (χ0) is 39.9. The van der Waals surface area contributed by atoms with E-state index in [4.69, 9.17) is 0 Å². The fourth-order valence-electron chi connectivity index (χ4n) is 9.13. The van der Waals surface area contributed by atoms with Gasteiger partial charge in [0, 0.05) is 0 Å². The summed E-state index contributed by atoms with van der Waals surface area (Å²) in [6.45, 7) is 37.6. The quantitative estimate of drug-likeness (QED) is 0.124. The molecule has 0 N–H and O–H groups in total. The number of hydrogen-bond donors (Lipinski definition) is 0. The molecule has 1 saturated heterocycles. The summed E-state index contributed by atoms with van der Waals surface area (Å²) in [4.78, 5) is 5.52. The minimum absolute atomic E-state index is 0.0455. The fraction of sp³-hybridized carbons (Fsp3) is 0.455. The van der Waals surface area contributed by atoms with Gasteiger partial charge in [-0.15, -0.1) is 0 Å². The molecule has 6 nitrogen and oxygen atoms in total. The Morgan fingerprint density at radius 1 is 0.500 bits per heavy atom. The third kappa shape index (κ3) is 7.79. The number of para-hydroxylation sites is 4. The molecule has 54 heavy (non-hydrogen) atoms. The second kappa shape index (κ2) is 17.1. The first kappa shape index (κ1) is 42.4. The molecule has 1 heterocycles. The van der Waals surface area contributed by atoms with Crippen LogP contribution in [0.2, 0.25) is 0 Å². The number of nitrogens with zero attached hydrogens (tertiary/aromatic N) is 6. The van der Waals surface area contributed by atoms with E-state index >= 15 is 0 Å². The monoisotopic (exact) mass is 846 g/mol. The number of rotatable bonds is 13. The third-order valence-corrected chi connectivity index (χ3v) is 17.7. The number of anilines is 4. The molecule has 4 radical (unpaired) electrons. The molecule has 0 spiro atoms. The first-order valence-electron chi connectivity index (χ1n) is 20.0. The summed E-state index contributed by atoms with van der Waals surface area (Å²) in [5.41, 5.74) is 16.0. The van der Waals surface area contributed by atoms with Crippen molar-refractivity contribution >= 4 is 68.7 Å². The van der Waals surface area contributed by atoms with Gasteiger partial charge in [0.2, 0.25) is 0 Å².